The third-order valence-electron chi connectivity index (χ3n) is 1.48. The van der Waals surface area contributed by atoms with Crippen LogP contribution in [0, 0.1) is 0 Å². The number of carbonyl (C=O) groups is 2. The summed E-state index contributed by atoms with van der Waals surface area (Å²) in [7, 11) is 0. The van der Waals surface area contributed by atoms with E-state index >= 15 is 0 Å². The minimum Gasteiger partial charge on any atom is -0.481 e. The van der Waals surface area contributed by atoms with Gasteiger partial charge in [0.1, 0.15) is 12.8 Å². The Morgan fingerprint density at radius 3 is 3.00 bits per heavy atom. The fourth-order valence-electron chi connectivity index (χ4n) is 0.885. The molecule has 62 valence electrons. The molecular formula is C6H9NO4. The van der Waals surface area contributed by atoms with E-state index in [2.05, 4.69) is 10.1 Å². The van der Waals surface area contributed by atoms with E-state index in [1.807, 2.05) is 0 Å². The molecule has 0 amide bonds. The summed E-state index contributed by atoms with van der Waals surface area (Å²) in [5.74, 6) is -1.25. The van der Waals surface area contributed by atoms with Gasteiger partial charge in [0.15, 0.2) is 0 Å². The van der Waals surface area contributed by atoms with Gasteiger partial charge in [-0.3, -0.25) is 14.9 Å². The summed E-state index contributed by atoms with van der Waals surface area (Å²) in [6.45, 7) is 0.198. The molecule has 5 heteroatoms. The lowest BCUT2D eigenvalue weighted by atomic mass is 10.2. The maximum absolute atomic E-state index is 10.7. The Hall–Kier alpha value is -1.10. The zero-order valence-electron chi connectivity index (χ0n) is 5.87. The molecule has 1 heterocycles. The molecule has 0 bridgehead atoms. The number of carboxylic acids is 1. The van der Waals surface area contributed by atoms with Gasteiger partial charge in [-0.25, -0.2) is 0 Å². The molecule has 0 aromatic heterocycles. The van der Waals surface area contributed by atoms with Crippen molar-refractivity contribution in [3.05, 3.63) is 0 Å². The largest absolute Gasteiger partial charge is 0.481 e. The van der Waals surface area contributed by atoms with Gasteiger partial charge in [0, 0.05) is 6.42 Å². The maximum Gasteiger partial charge on any atom is 0.324 e. The quantitative estimate of drug-likeness (QED) is 0.534. The molecule has 1 aliphatic heterocycles. The lowest BCUT2D eigenvalue weighted by Gasteiger charge is -2.01. The summed E-state index contributed by atoms with van der Waals surface area (Å²) in [5, 5.41) is 11.0. The van der Waals surface area contributed by atoms with Gasteiger partial charge in [0.25, 0.3) is 0 Å². The molecule has 1 aliphatic rings. The Balaban J connectivity index is 2.26. The molecule has 2 N–H and O–H groups in total. The van der Waals surface area contributed by atoms with Crippen LogP contribution in [0.2, 0.25) is 0 Å². The van der Waals surface area contributed by atoms with Crippen molar-refractivity contribution in [2.24, 2.45) is 0 Å². The molecule has 1 fully saturated rings. The Labute approximate surface area is 63.3 Å². The van der Waals surface area contributed by atoms with Crippen molar-refractivity contribution in [2.75, 3.05) is 6.73 Å². The fourth-order valence-corrected chi connectivity index (χ4v) is 0.885. The molecule has 0 aromatic carbocycles. The van der Waals surface area contributed by atoms with E-state index in [9.17, 15) is 9.59 Å². The standard InChI is InChI=1S/C6H9NO4/c8-5(9)2-1-4-6(10)11-3-7-4/h4,7H,1-3H2,(H,8,9)/t4-/m0/s1. The van der Waals surface area contributed by atoms with E-state index < -0.39 is 12.0 Å². The van der Waals surface area contributed by atoms with E-state index in [-0.39, 0.29) is 19.1 Å². The topological polar surface area (TPSA) is 75.6 Å². The van der Waals surface area contributed by atoms with Gasteiger partial charge in [0.05, 0.1) is 0 Å². The van der Waals surface area contributed by atoms with Crippen molar-refractivity contribution in [3.8, 4) is 0 Å². The Morgan fingerprint density at radius 2 is 2.55 bits per heavy atom. The van der Waals surface area contributed by atoms with Gasteiger partial charge in [-0.05, 0) is 6.42 Å². The summed E-state index contributed by atoms with van der Waals surface area (Å²) in [4.78, 5) is 20.8. The van der Waals surface area contributed by atoms with Gasteiger partial charge in [-0.2, -0.15) is 0 Å². The van der Waals surface area contributed by atoms with Crippen molar-refractivity contribution < 1.29 is 19.4 Å². The van der Waals surface area contributed by atoms with E-state index in [1.54, 1.807) is 0 Å². The molecule has 0 aromatic rings. The maximum atomic E-state index is 10.7. The zero-order valence-corrected chi connectivity index (χ0v) is 5.87. The summed E-state index contributed by atoms with van der Waals surface area (Å²) in [6.07, 6.45) is 0.293. The number of rotatable bonds is 3. The van der Waals surface area contributed by atoms with Gasteiger partial charge in [-0.1, -0.05) is 0 Å². The number of hydrogen-bond donors (Lipinski definition) is 2. The van der Waals surface area contributed by atoms with Crippen LogP contribution in [-0.2, 0) is 14.3 Å². The van der Waals surface area contributed by atoms with Crippen LogP contribution in [0.3, 0.4) is 0 Å². The molecule has 0 aliphatic carbocycles. The van der Waals surface area contributed by atoms with Crippen LogP contribution in [0.5, 0.6) is 0 Å². The van der Waals surface area contributed by atoms with Crippen molar-refractivity contribution in [1.82, 2.24) is 5.32 Å². The summed E-state index contributed by atoms with van der Waals surface area (Å²) in [6, 6.07) is -0.425. The number of aliphatic carboxylic acids is 1. The lowest BCUT2D eigenvalue weighted by Crippen LogP contribution is -2.27. The van der Waals surface area contributed by atoms with Gasteiger partial charge >= 0.3 is 11.9 Å². The average molecular weight is 159 g/mol. The molecule has 5 nitrogen and oxygen atoms in total. The van der Waals surface area contributed by atoms with E-state index in [0.29, 0.717) is 6.42 Å². The molecule has 0 radical (unpaired) electrons. The van der Waals surface area contributed by atoms with E-state index in [4.69, 9.17) is 5.11 Å². The summed E-state index contributed by atoms with van der Waals surface area (Å²) in [5.41, 5.74) is 0. The van der Waals surface area contributed by atoms with Crippen molar-refractivity contribution >= 4 is 11.9 Å². The second-order valence-electron chi connectivity index (χ2n) is 2.30. The number of cyclic esters (lactones) is 1. The van der Waals surface area contributed by atoms with Gasteiger partial charge < -0.3 is 9.84 Å². The molecular weight excluding hydrogens is 150 g/mol. The first-order valence-electron chi connectivity index (χ1n) is 3.32. The van der Waals surface area contributed by atoms with Gasteiger partial charge in [0.2, 0.25) is 0 Å². The Kier molecular flexibility index (Phi) is 2.43. The van der Waals surface area contributed by atoms with Crippen LogP contribution < -0.4 is 5.32 Å². The third kappa shape index (κ3) is 2.19. The summed E-state index contributed by atoms with van der Waals surface area (Å²) >= 11 is 0. The predicted octanol–water partition coefficient (Wildman–Crippen LogP) is -0.676. The lowest BCUT2D eigenvalue weighted by molar-refractivity contribution is -0.139. The highest BCUT2D eigenvalue weighted by Crippen LogP contribution is 2.04. The Bertz CT molecular complexity index is 179. The fraction of sp³-hybridized carbons (Fsp3) is 0.667. The highest BCUT2D eigenvalue weighted by Gasteiger charge is 2.25. The molecule has 1 saturated heterocycles. The average Bonchev–Trinajstić information content (AvgIpc) is 2.31. The van der Waals surface area contributed by atoms with Crippen molar-refractivity contribution in [3.63, 3.8) is 0 Å². The highest BCUT2D eigenvalue weighted by atomic mass is 16.6. The number of ether oxygens (including phenoxy) is 1. The smallest absolute Gasteiger partial charge is 0.324 e. The monoisotopic (exact) mass is 159 g/mol. The highest BCUT2D eigenvalue weighted by molar-refractivity contribution is 5.78. The first-order valence-corrected chi connectivity index (χ1v) is 3.32. The van der Waals surface area contributed by atoms with Crippen LogP contribution in [0.25, 0.3) is 0 Å². The molecule has 0 saturated carbocycles. The number of hydrogen-bond acceptors (Lipinski definition) is 4. The van der Waals surface area contributed by atoms with Crippen LogP contribution in [0.4, 0.5) is 0 Å². The summed E-state index contributed by atoms with van der Waals surface area (Å²) < 4.78 is 4.55. The minimum atomic E-state index is -0.897. The predicted molar refractivity (Wildman–Crippen MR) is 34.8 cm³/mol. The first kappa shape index (κ1) is 8.00. The van der Waals surface area contributed by atoms with E-state index in [0.717, 1.165) is 0 Å². The second kappa shape index (κ2) is 3.34. The molecule has 1 rings (SSSR count). The van der Waals surface area contributed by atoms with Gasteiger partial charge in [-0.15, -0.1) is 0 Å². The molecule has 11 heavy (non-hydrogen) atoms. The van der Waals surface area contributed by atoms with E-state index in [1.165, 1.54) is 0 Å². The zero-order chi connectivity index (χ0) is 8.27. The van der Waals surface area contributed by atoms with Crippen LogP contribution in [-0.4, -0.2) is 29.8 Å². The molecule has 0 spiro atoms. The molecule has 1 atom stereocenters. The Morgan fingerprint density at radius 1 is 1.82 bits per heavy atom. The third-order valence-corrected chi connectivity index (χ3v) is 1.48. The second-order valence-corrected chi connectivity index (χ2v) is 2.30. The van der Waals surface area contributed by atoms with Crippen molar-refractivity contribution in [1.29, 1.82) is 0 Å². The van der Waals surface area contributed by atoms with Crippen LogP contribution >= 0.6 is 0 Å². The first-order chi connectivity index (χ1) is 5.20. The van der Waals surface area contributed by atoms with Crippen molar-refractivity contribution in [2.45, 2.75) is 18.9 Å². The molecule has 0 unspecified atom stereocenters. The number of carboxylic acid groups (broad SMARTS) is 1. The number of esters is 1. The minimum absolute atomic E-state index is 0.00718. The SMILES string of the molecule is O=C(O)CC[C@@H]1NCOC1=O. The normalized spacial score (nSPS) is 23.3. The van der Waals surface area contributed by atoms with Crippen LogP contribution in [0.1, 0.15) is 12.8 Å². The van der Waals surface area contributed by atoms with Crippen LogP contribution in [0.15, 0.2) is 0 Å². The number of carbonyl (C=O) groups excluding carboxylic acids is 1. The number of nitrogens with one attached hydrogen (secondary N) is 1.